The summed E-state index contributed by atoms with van der Waals surface area (Å²) in [5.74, 6) is -10.1. The molecule has 0 saturated heterocycles. The molecular formula is C68H98F2N10O22S. The van der Waals surface area contributed by atoms with E-state index in [9.17, 15) is 99.0 Å². The van der Waals surface area contributed by atoms with Gasteiger partial charge in [0.2, 0.25) is 35.4 Å². The number of carboxylic acid groups (broad SMARTS) is 2. The molecule has 0 unspecified atom stereocenters. The lowest BCUT2D eigenvalue weighted by Crippen LogP contribution is -2.58. The normalized spacial score (nSPS) is 15.3. The van der Waals surface area contributed by atoms with Crippen LogP contribution in [0, 0.1) is 18.6 Å². The summed E-state index contributed by atoms with van der Waals surface area (Å²) >= 11 is 3.93. The summed E-state index contributed by atoms with van der Waals surface area (Å²) in [6.45, 7) is -1.96. The first-order chi connectivity index (χ1) is 48.9. The number of halogens is 2. The summed E-state index contributed by atoms with van der Waals surface area (Å²) in [5.41, 5.74) is 6.58. The monoisotopic (exact) mass is 1480 g/mol. The molecule has 0 bridgehead atoms. The van der Waals surface area contributed by atoms with Crippen molar-refractivity contribution in [2.45, 2.75) is 195 Å². The number of benzene rings is 3. The molecule has 3 aromatic carbocycles. The highest BCUT2D eigenvalue weighted by atomic mass is 32.1. The van der Waals surface area contributed by atoms with Crippen LogP contribution >= 0.6 is 12.6 Å². The Kier molecular flexibility index (Phi) is 38.2. The van der Waals surface area contributed by atoms with Gasteiger partial charge in [-0.1, -0.05) is 79.9 Å². The molecule has 0 saturated carbocycles. The van der Waals surface area contributed by atoms with Gasteiger partial charge >= 0.3 is 17.6 Å². The van der Waals surface area contributed by atoms with Gasteiger partial charge in [-0.15, -0.1) is 0 Å². The van der Waals surface area contributed by atoms with Crippen LogP contribution < -0.4 is 54.2 Å². The third-order valence-electron chi connectivity index (χ3n) is 17.0. The summed E-state index contributed by atoms with van der Waals surface area (Å²) in [5, 5.41) is 135. The highest BCUT2D eigenvalue weighted by Crippen LogP contribution is 2.24. The highest BCUT2D eigenvalue weighted by molar-refractivity contribution is 7.80. The van der Waals surface area contributed by atoms with Crippen LogP contribution in [-0.2, 0) is 57.9 Å². The molecule has 572 valence electrons. The summed E-state index contributed by atoms with van der Waals surface area (Å²) in [6.07, 6.45) is -14.7. The molecule has 103 heavy (non-hydrogen) atoms. The molecule has 0 aliphatic heterocycles. The van der Waals surface area contributed by atoms with Gasteiger partial charge in [0.1, 0.15) is 72.4 Å². The number of hydrogen-bond acceptors (Lipinski definition) is 23. The number of carbonyl (C=O) groups is 8. The Morgan fingerprint density at radius 3 is 1.67 bits per heavy atom. The number of unbranched alkanes of at least 4 members (excludes halogenated alkanes) is 4. The molecule has 35 heteroatoms. The van der Waals surface area contributed by atoms with Gasteiger partial charge in [-0.3, -0.25) is 47.5 Å². The number of hydrogen-bond donors (Lipinski definition) is 21. The average molecular weight is 1480 g/mol. The van der Waals surface area contributed by atoms with Gasteiger partial charge in [-0.25, -0.2) is 18.4 Å². The van der Waals surface area contributed by atoms with Gasteiger partial charge in [-0.2, -0.15) is 12.6 Å². The number of thiol groups is 1. The van der Waals surface area contributed by atoms with Crippen LogP contribution in [0.3, 0.4) is 0 Å². The number of rotatable bonds is 49. The maximum Gasteiger partial charge on any atom is 0.331 e. The first-order valence-electron chi connectivity index (χ1n) is 33.8. The van der Waals surface area contributed by atoms with Crippen molar-refractivity contribution in [2.75, 3.05) is 45.1 Å². The Morgan fingerprint density at radius 2 is 1.08 bits per heavy atom. The second kappa shape index (κ2) is 45.1. The van der Waals surface area contributed by atoms with Crippen LogP contribution in [-0.4, -0.2) is 236 Å². The van der Waals surface area contributed by atoms with E-state index < -0.39 is 201 Å². The number of nitrogens with two attached hydrogens (primary N) is 1. The predicted octanol–water partition coefficient (Wildman–Crippen LogP) is -3.25. The van der Waals surface area contributed by atoms with E-state index >= 15 is 8.78 Å². The number of nitrogens with zero attached hydrogens (tertiary/aromatic N) is 2. The maximum absolute atomic E-state index is 15.0. The number of nitrogens with one attached hydrogen (secondary N) is 7. The minimum absolute atomic E-state index is 0.00800. The molecule has 0 aliphatic carbocycles. The zero-order chi connectivity index (χ0) is 76.5. The van der Waals surface area contributed by atoms with Crippen molar-refractivity contribution in [1.82, 2.24) is 46.4 Å². The minimum atomic E-state index is -2.05. The number of aliphatic hydroxyl groups excluding tert-OH is 10. The number of carboxylic acids is 2. The van der Waals surface area contributed by atoms with Gasteiger partial charge in [0.15, 0.2) is 0 Å². The fourth-order valence-electron chi connectivity index (χ4n) is 10.9. The van der Waals surface area contributed by atoms with Crippen molar-refractivity contribution in [2.24, 2.45) is 5.73 Å². The van der Waals surface area contributed by atoms with Crippen molar-refractivity contribution < 1.29 is 108 Å². The van der Waals surface area contributed by atoms with Gasteiger partial charge in [0, 0.05) is 68.4 Å². The zero-order valence-corrected chi connectivity index (χ0v) is 57.9. The largest absolute Gasteiger partial charge is 0.481 e. The molecule has 0 spiro atoms. The van der Waals surface area contributed by atoms with Crippen molar-refractivity contribution in [3.8, 4) is 11.1 Å². The minimum Gasteiger partial charge on any atom is -0.481 e. The van der Waals surface area contributed by atoms with E-state index in [-0.39, 0.29) is 80.9 Å². The predicted molar refractivity (Wildman–Crippen MR) is 370 cm³/mol. The van der Waals surface area contributed by atoms with E-state index in [0.717, 1.165) is 21.3 Å². The summed E-state index contributed by atoms with van der Waals surface area (Å²) < 4.78 is 32.1. The molecule has 4 aromatic rings. The van der Waals surface area contributed by atoms with Crippen LogP contribution in [0.1, 0.15) is 118 Å². The standard InChI is InChI=1S/C68H98F2N10O22S/c1-38-58(66(99)80(34-45(71)40-15-6-5-7-16-40)68(102)79(38)33-42-43(69)18-11-19-44(42)70)41-17-10-14-39(30-41)24-26-54(87)73-29-9-4-2-3-8-22-56(89)75-46(21-13-28-72-31-50(83)59(92)61(94)52(85)35-81)63(96)76-47(20-12-23-57(90)91)64(97)77-48(65(98)78-49(37-103)67(100)101)25-27-55(88)74-32-51(84)60(93)62(95)53(86)36-82/h5-7,10-11,14-19,30,45-53,59-62,72,81-86,92-95,103H,2-4,8-9,12-13,20-29,31-37,71H2,1H3,(H,73,87)(H,74,88)(H,75,89)(H,76,96)(H,77,97)(H,78,98)(H,90,91)(H,100,101)/t45-,46-,47-,48-,49-,50+,51+,52-,53-,59-,60-,61-,62-/m1/s1. The lowest BCUT2D eigenvalue weighted by atomic mass is 10.00. The molecule has 0 fully saturated rings. The van der Waals surface area contributed by atoms with Crippen LogP contribution in [0.2, 0.25) is 0 Å². The van der Waals surface area contributed by atoms with Crippen LogP contribution in [0.5, 0.6) is 0 Å². The first kappa shape index (κ1) is 87.2. The quantitative estimate of drug-likeness (QED) is 0.0152. The molecule has 1 heterocycles. The van der Waals surface area contributed by atoms with Gasteiger partial charge in [0.05, 0.1) is 44.1 Å². The SMILES string of the molecule is Cc1c(-c2cccc(CCC(=O)NCCCCCCCC(=O)N[C@H](CCCNC[C@H](O)[C@@H](O)[C@H](O)[C@H](O)CO)C(=O)N[C@H](CCCC(=O)O)C(=O)N[C@H](CCC(=O)NC[C@H](O)[C@@H](O)[C@H](O)[C@H](O)CO)C(=O)N[C@H](CS)C(=O)O)c2)c(=O)n(C[C@@H](N)c2ccccc2)c(=O)n1Cc1c(F)cccc1F. The lowest BCUT2D eigenvalue weighted by Gasteiger charge is -2.27. The Morgan fingerprint density at radius 1 is 0.544 bits per heavy atom. The second-order valence-corrected chi connectivity index (χ2v) is 25.3. The number of aryl methyl sites for hydroxylation is 1. The van der Waals surface area contributed by atoms with Crippen molar-refractivity contribution in [3.05, 3.63) is 128 Å². The van der Waals surface area contributed by atoms with E-state index in [0.29, 0.717) is 55.3 Å². The van der Waals surface area contributed by atoms with Crippen LogP contribution in [0.15, 0.2) is 82.4 Å². The van der Waals surface area contributed by atoms with E-state index in [1.54, 1.807) is 54.6 Å². The fourth-order valence-corrected chi connectivity index (χ4v) is 11.1. The van der Waals surface area contributed by atoms with E-state index in [2.05, 4.69) is 49.8 Å². The Bertz CT molecular complexity index is 3500. The number of aliphatic hydroxyl groups is 10. The molecular weight excluding hydrogens is 1380 g/mol. The molecule has 0 radical (unpaired) electrons. The molecule has 6 amide bonds. The molecule has 13 atom stereocenters. The number of aromatic nitrogens is 2. The second-order valence-electron chi connectivity index (χ2n) is 24.9. The maximum atomic E-state index is 15.0. The Hall–Kier alpha value is -8.17. The average Bonchev–Trinajstić information content (AvgIpc) is 0.761. The van der Waals surface area contributed by atoms with Gasteiger partial charge < -0.3 is 104 Å². The molecule has 21 N–H and O–H groups in total. The molecule has 4 rings (SSSR count). The molecule has 0 aliphatic rings. The highest BCUT2D eigenvalue weighted by Gasteiger charge is 2.35. The zero-order valence-electron chi connectivity index (χ0n) is 57.0. The molecule has 32 nitrogen and oxygen atoms in total. The molecule has 1 aromatic heterocycles. The van der Waals surface area contributed by atoms with E-state index in [1.807, 2.05) is 0 Å². The van der Waals surface area contributed by atoms with E-state index in [4.69, 9.17) is 15.9 Å². The van der Waals surface area contributed by atoms with Crippen molar-refractivity contribution in [3.63, 3.8) is 0 Å². The van der Waals surface area contributed by atoms with Crippen molar-refractivity contribution in [1.29, 1.82) is 0 Å². The summed E-state index contributed by atoms with van der Waals surface area (Å²) in [7, 11) is 0. The van der Waals surface area contributed by atoms with Crippen molar-refractivity contribution >= 4 is 60.0 Å². The third kappa shape index (κ3) is 28.8. The first-order valence-corrected chi connectivity index (χ1v) is 34.4. The number of aliphatic carboxylic acids is 2. The van der Waals surface area contributed by atoms with Crippen LogP contribution in [0.25, 0.3) is 11.1 Å². The fraction of sp³-hybridized carbons (Fsp3) is 0.559. The summed E-state index contributed by atoms with van der Waals surface area (Å²) in [6, 6.07) is 11.7. The Labute approximate surface area is 597 Å². The summed E-state index contributed by atoms with van der Waals surface area (Å²) in [4.78, 5) is 133. The Balaban J connectivity index is 1.40. The van der Waals surface area contributed by atoms with Gasteiger partial charge in [0.25, 0.3) is 5.56 Å². The topological polar surface area (TPSA) is 534 Å². The number of amides is 6. The smallest absolute Gasteiger partial charge is 0.331 e. The lowest BCUT2D eigenvalue weighted by molar-refractivity contribution is -0.142. The van der Waals surface area contributed by atoms with E-state index in [1.165, 1.54) is 13.0 Å². The third-order valence-corrected chi connectivity index (χ3v) is 17.4. The van der Waals surface area contributed by atoms with Gasteiger partial charge in [-0.05, 0) is 93.7 Å². The number of carbonyl (C=O) groups excluding carboxylic acids is 6. The van der Waals surface area contributed by atoms with Crippen LogP contribution in [0.4, 0.5) is 8.78 Å².